The molecule has 0 aliphatic carbocycles. The molecule has 0 saturated carbocycles. The molecule has 3 aliphatic rings. The van der Waals surface area contributed by atoms with E-state index in [9.17, 15) is 9.59 Å². The molecule has 29 heavy (non-hydrogen) atoms. The minimum absolute atomic E-state index is 0.00454. The van der Waals surface area contributed by atoms with Crippen LogP contribution in [0.5, 0.6) is 0 Å². The second kappa shape index (κ2) is 8.44. The van der Waals surface area contributed by atoms with Crippen molar-refractivity contribution in [2.45, 2.75) is 57.7 Å². The van der Waals surface area contributed by atoms with Crippen LogP contribution in [-0.4, -0.2) is 66.7 Å². The summed E-state index contributed by atoms with van der Waals surface area (Å²) >= 11 is 0. The van der Waals surface area contributed by atoms with Crippen LogP contribution in [-0.2, 0) is 19.1 Å². The van der Waals surface area contributed by atoms with Crippen molar-refractivity contribution in [3.05, 3.63) is 35.9 Å². The van der Waals surface area contributed by atoms with Gasteiger partial charge in [-0.2, -0.15) is 0 Å². The average Bonchev–Trinajstić information content (AvgIpc) is 2.74. The molecule has 3 heterocycles. The first kappa shape index (κ1) is 20.4. The molecule has 1 aromatic rings. The van der Waals surface area contributed by atoms with E-state index < -0.39 is 12.1 Å². The molecule has 0 N–H and O–H groups in total. The van der Waals surface area contributed by atoms with Crippen molar-refractivity contribution in [2.75, 3.05) is 32.9 Å². The van der Waals surface area contributed by atoms with E-state index in [1.54, 1.807) is 0 Å². The molecule has 1 spiro atoms. The Bertz CT molecular complexity index is 724. The summed E-state index contributed by atoms with van der Waals surface area (Å²) in [5.74, 6) is -0.0417. The van der Waals surface area contributed by atoms with E-state index >= 15 is 0 Å². The molecule has 6 heteroatoms. The highest BCUT2D eigenvalue weighted by Gasteiger charge is 2.46. The van der Waals surface area contributed by atoms with Gasteiger partial charge in [-0.3, -0.25) is 9.59 Å². The topological polar surface area (TPSA) is 59.1 Å². The number of hydrogen-bond acceptors (Lipinski definition) is 4. The molecule has 0 radical (unpaired) electrons. The lowest BCUT2D eigenvalue weighted by molar-refractivity contribution is -0.174. The number of amides is 2. The number of piperidine rings is 1. The highest BCUT2D eigenvalue weighted by atomic mass is 16.5. The summed E-state index contributed by atoms with van der Waals surface area (Å²) in [6, 6.07) is 9.42. The Morgan fingerprint density at radius 3 is 2.55 bits per heavy atom. The Kier molecular flexibility index (Phi) is 5.93. The van der Waals surface area contributed by atoms with Gasteiger partial charge in [-0.25, -0.2) is 0 Å². The second-order valence-corrected chi connectivity index (χ2v) is 8.96. The first-order valence-electron chi connectivity index (χ1n) is 10.8. The molecule has 2 amide bonds. The Morgan fingerprint density at radius 1 is 1.14 bits per heavy atom. The largest absolute Gasteiger partial charge is 0.381 e. The summed E-state index contributed by atoms with van der Waals surface area (Å²) in [5, 5.41) is 0. The minimum atomic E-state index is -0.660. The smallest absolute Gasteiger partial charge is 0.254 e. The van der Waals surface area contributed by atoms with Crippen LogP contribution in [0.1, 0.15) is 51.1 Å². The number of carbonyl (C=O) groups excluding carboxylic acids is 2. The summed E-state index contributed by atoms with van der Waals surface area (Å²) in [6.07, 6.45) is 3.54. The van der Waals surface area contributed by atoms with Gasteiger partial charge in [0.2, 0.25) is 5.91 Å². The lowest BCUT2D eigenvalue weighted by Crippen LogP contribution is -2.59. The van der Waals surface area contributed by atoms with Gasteiger partial charge in [0.05, 0.1) is 6.04 Å². The fourth-order valence-corrected chi connectivity index (χ4v) is 5.22. The molecule has 3 fully saturated rings. The molecular formula is C23H32N2O4. The lowest BCUT2D eigenvalue weighted by atomic mass is 9.73. The van der Waals surface area contributed by atoms with Crippen molar-refractivity contribution in [1.82, 2.24) is 9.80 Å². The quantitative estimate of drug-likeness (QED) is 0.783. The maximum absolute atomic E-state index is 13.7. The van der Waals surface area contributed by atoms with Crippen LogP contribution in [0.25, 0.3) is 0 Å². The summed E-state index contributed by atoms with van der Waals surface area (Å²) < 4.78 is 11.5. The fourth-order valence-electron chi connectivity index (χ4n) is 5.22. The molecule has 1 aromatic carbocycles. The van der Waals surface area contributed by atoms with Crippen molar-refractivity contribution >= 4 is 11.8 Å². The highest BCUT2D eigenvalue weighted by Crippen LogP contribution is 2.40. The normalized spacial score (nSPS) is 27.5. The van der Waals surface area contributed by atoms with Crippen LogP contribution < -0.4 is 0 Å². The number of benzene rings is 1. The van der Waals surface area contributed by atoms with Crippen LogP contribution in [0.2, 0.25) is 0 Å². The Morgan fingerprint density at radius 2 is 1.86 bits per heavy atom. The van der Waals surface area contributed by atoms with Gasteiger partial charge < -0.3 is 19.3 Å². The van der Waals surface area contributed by atoms with Gasteiger partial charge in [-0.05, 0) is 50.5 Å². The van der Waals surface area contributed by atoms with Crippen LogP contribution in [0.15, 0.2) is 30.3 Å². The standard InChI is InChI=1S/C23H32N2O4/c1-17(2)25-19(26)15-29-21(20(25)18-7-4-3-5-8-18)22(27)24-12-6-9-23(16-24)10-13-28-14-11-23/h3-5,7-8,17,20-21H,6,9-16H2,1-2H3/t20-,21+/m1/s1. The van der Waals surface area contributed by atoms with Gasteiger partial charge in [0, 0.05) is 32.3 Å². The average molecular weight is 401 g/mol. The first-order valence-corrected chi connectivity index (χ1v) is 10.8. The van der Waals surface area contributed by atoms with E-state index in [0.717, 1.165) is 57.6 Å². The predicted molar refractivity (Wildman–Crippen MR) is 109 cm³/mol. The number of ether oxygens (including phenoxy) is 2. The summed E-state index contributed by atoms with van der Waals surface area (Å²) in [4.78, 5) is 30.2. The second-order valence-electron chi connectivity index (χ2n) is 8.96. The van der Waals surface area contributed by atoms with E-state index in [1.807, 2.05) is 54.0 Å². The Balaban J connectivity index is 1.60. The third-order valence-corrected chi connectivity index (χ3v) is 6.73. The van der Waals surface area contributed by atoms with Gasteiger partial charge >= 0.3 is 0 Å². The van der Waals surface area contributed by atoms with Gasteiger partial charge in [-0.1, -0.05) is 30.3 Å². The number of nitrogens with zero attached hydrogens (tertiary/aromatic N) is 2. The van der Waals surface area contributed by atoms with E-state index in [-0.39, 0.29) is 29.9 Å². The Labute approximate surface area is 173 Å². The van der Waals surface area contributed by atoms with Crippen LogP contribution in [0.3, 0.4) is 0 Å². The summed E-state index contributed by atoms with van der Waals surface area (Å²) in [7, 11) is 0. The van der Waals surface area contributed by atoms with Crippen molar-refractivity contribution in [2.24, 2.45) is 5.41 Å². The molecule has 0 bridgehead atoms. The molecule has 2 atom stereocenters. The zero-order valence-corrected chi connectivity index (χ0v) is 17.5. The van der Waals surface area contributed by atoms with Crippen LogP contribution >= 0.6 is 0 Å². The number of rotatable bonds is 3. The van der Waals surface area contributed by atoms with Gasteiger partial charge in [0.1, 0.15) is 6.61 Å². The summed E-state index contributed by atoms with van der Waals surface area (Å²) in [5.41, 5.74) is 1.13. The fraction of sp³-hybridized carbons (Fsp3) is 0.652. The van der Waals surface area contributed by atoms with Crippen molar-refractivity contribution in [1.29, 1.82) is 0 Å². The zero-order valence-electron chi connectivity index (χ0n) is 17.5. The van der Waals surface area contributed by atoms with E-state index in [1.165, 1.54) is 0 Å². The Hall–Kier alpha value is -1.92. The lowest BCUT2D eigenvalue weighted by Gasteiger charge is -2.48. The summed E-state index contributed by atoms with van der Waals surface area (Å²) in [6.45, 7) is 7.06. The maximum atomic E-state index is 13.7. The molecule has 0 unspecified atom stereocenters. The van der Waals surface area contributed by atoms with Crippen molar-refractivity contribution in [3.63, 3.8) is 0 Å². The molecular weight excluding hydrogens is 368 g/mol. The first-order chi connectivity index (χ1) is 14.0. The number of likely N-dealkylation sites (tertiary alicyclic amines) is 1. The van der Waals surface area contributed by atoms with Gasteiger partial charge in [0.15, 0.2) is 6.10 Å². The molecule has 4 rings (SSSR count). The van der Waals surface area contributed by atoms with Crippen molar-refractivity contribution in [3.8, 4) is 0 Å². The molecule has 6 nitrogen and oxygen atoms in total. The van der Waals surface area contributed by atoms with Gasteiger partial charge in [0.25, 0.3) is 5.91 Å². The molecule has 158 valence electrons. The van der Waals surface area contributed by atoms with Crippen LogP contribution in [0.4, 0.5) is 0 Å². The van der Waals surface area contributed by atoms with E-state index in [0.29, 0.717) is 0 Å². The SMILES string of the molecule is CC(C)N1C(=O)CO[C@H](C(=O)N2CCCC3(CCOCC3)C2)[C@H]1c1ccccc1. The maximum Gasteiger partial charge on any atom is 0.254 e. The van der Waals surface area contributed by atoms with Crippen LogP contribution in [0, 0.1) is 5.41 Å². The molecule has 3 saturated heterocycles. The zero-order chi connectivity index (χ0) is 20.4. The van der Waals surface area contributed by atoms with Gasteiger partial charge in [-0.15, -0.1) is 0 Å². The third kappa shape index (κ3) is 4.05. The number of hydrogen-bond donors (Lipinski definition) is 0. The molecule has 3 aliphatic heterocycles. The number of morpholine rings is 1. The van der Waals surface area contributed by atoms with E-state index in [4.69, 9.17) is 9.47 Å². The highest BCUT2D eigenvalue weighted by molar-refractivity contribution is 5.86. The van der Waals surface area contributed by atoms with Crippen molar-refractivity contribution < 1.29 is 19.1 Å². The molecule has 0 aromatic heterocycles. The monoisotopic (exact) mass is 400 g/mol. The predicted octanol–water partition coefficient (Wildman–Crippen LogP) is 2.78. The van der Waals surface area contributed by atoms with E-state index in [2.05, 4.69) is 0 Å². The number of carbonyl (C=O) groups is 2. The minimum Gasteiger partial charge on any atom is -0.381 e. The third-order valence-electron chi connectivity index (χ3n) is 6.73.